The van der Waals surface area contributed by atoms with E-state index < -0.39 is 27.3 Å². The molecule has 0 unspecified atom stereocenters. The maximum absolute atomic E-state index is 14.0. The predicted octanol–water partition coefficient (Wildman–Crippen LogP) is 3.79. The first kappa shape index (κ1) is 17.0. The molecule has 0 atom stereocenters. The summed E-state index contributed by atoms with van der Waals surface area (Å²) in [6.45, 7) is 0. The zero-order valence-corrected chi connectivity index (χ0v) is 14.5. The summed E-state index contributed by atoms with van der Waals surface area (Å²) in [7, 11) is -4.16. The van der Waals surface area contributed by atoms with Crippen molar-refractivity contribution in [3.63, 3.8) is 0 Å². The zero-order chi connectivity index (χ0) is 17.5. The van der Waals surface area contributed by atoms with Crippen molar-refractivity contribution in [2.75, 3.05) is 11.0 Å². The first-order chi connectivity index (χ1) is 11.3. The molecule has 10 heteroatoms. The van der Waals surface area contributed by atoms with Gasteiger partial charge in [-0.1, -0.05) is 11.6 Å². The monoisotopic (exact) mass is 389 g/mol. The molecule has 0 bridgehead atoms. The van der Waals surface area contributed by atoms with Gasteiger partial charge in [-0.05, 0) is 24.5 Å². The number of sulfonamides is 1. The number of anilines is 1. The van der Waals surface area contributed by atoms with Gasteiger partial charge in [0.05, 0.1) is 22.4 Å². The highest BCUT2D eigenvalue weighted by Gasteiger charge is 2.22. The van der Waals surface area contributed by atoms with Crippen LogP contribution in [0.25, 0.3) is 5.52 Å². The highest BCUT2D eigenvalue weighted by atomic mass is 35.5. The van der Waals surface area contributed by atoms with Crippen LogP contribution in [0.2, 0.25) is 5.02 Å². The Labute approximate surface area is 145 Å². The lowest BCUT2D eigenvalue weighted by Gasteiger charge is -2.09. The lowest BCUT2D eigenvalue weighted by Crippen LogP contribution is -2.14. The van der Waals surface area contributed by atoms with Gasteiger partial charge in [-0.15, -0.1) is 11.8 Å². The van der Waals surface area contributed by atoms with Crippen molar-refractivity contribution in [1.29, 1.82) is 0 Å². The van der Waals surface area contributed by atoms with Gasteiger partial charge in [0.1, 0.15) is 16.5 Å². The van der Waals surface area contributed by atoms with Crippen LogP contribution in [-0.4, -0.2) is 24.3 Å². The number of halogens is 3. The number of rotatable bonds is 4. The van der Waals surface area contributed by atoms with Crippen LogP contribution in [-0.2, 0) is 10.0 Å². The van der Waals surface area contributed by atoms with Crippen LogP contribution in [0.5, 0.6) is 0 Å². The molecule has 0 fully saturated rings. The largest absolute Gasteiger partial charge is 0.276 e. The van der Waals surface area contributed by atoms with Crippen LogP contribution in [0.1, 0.15) is 0 Å². The van der Waals surface area contributed by atoms with Crippen molar-refractivity contribution >= 4 is 44.6 Å². The van der Waals surface area contributed by atoms with E-state index in [0.29, 0.717) is 5.02 Å². The highest BCUT2D eigenvalue weighted by molar-refractivity contribution is 7.98. The molecule has 3 rings (SSSR count). The zero-order valence-electron chi connectivity index (χ0n) is 12.1. The fraction of sp³-hybridized carbons (Fsp3) is 0.0714. The van der Waals surface area contributed by atoms with Gasteiger partial charge in [0.15, 0.2) is 0 Å². The van der Waals surface area contributed by atoms with Crippen molar-refractivity contribution < 1.29 is 17.2 Å². The maximum Gasteiger partial charge on any atom is 0.265 e. The summed E-state index contributed by atoms with van der Waals surface area (Å²) < 4.78 is 56.1. The molecule has 1 N–H and O–H groups in total. The van der Waals surface area contributed by atoms with E-state index in [1.807, 2.05) is 4.72 Å². The Morgan fingerprint density at radius 2 is 2.00 bits per heavy atom. The van der Waals surface area contributed by atoms with Crippen molar-refractivity contribution in [2.45, 2.75) is 9.79 Å². The van der Waals surface area contributed by atoms with E-state index in [-0.39, 0.29) is 15.3 Å². The molecule has 24 heavy (non-hydrogen) atoms. The molecule has 0 saturated carbocycles. The van der Waals surface area contributed by atoms with Gasteiger partial charge in [-0.25, -0.2) is 21.7 Å². The number of pyridine rings is 1. The lowest BCUT2D eigenvalue weighted by atomic mass is 10.3. The molecule has 0 aliphatic carbocycles. The molecule has 0 amide bonds. The molecule has 0 spiro atoms. The van der Waals surface area contributed by atoms with Crippen LogP contribution < -0.4 is 4.72 Å². The Balaban J connectivity index is 2.04. The number of nitrogens with one attached hydrogen (secondary N) is 1. The van der Waals surface area contributed by atoms with Crippen LogP contribution in [0.3, 0.4) is 0 Å². The molecule has 0 aliphatic rings. The Morgan fingerprint density at radius 1 is 1.25 bits per heavy atom. The third-order valence-electron chi connectivity index (χ3n) is 3.22. The molecule has 1 aromatic carbocycles. The van der Waals surface area contributed by atoms with E-state index in [1.54, 1.807) is 6.26 Å². The molecular weight excluding hydrogens is 380 g/mol. The van der Waals surface area contributed by atoms with Crippen LogP contribution in [0.4, 0.5) is 14.5 Å². The molecule has 0 aliphatic heterocycles. The van der Waals surface area contributed by atoms with Crippen LogP contribution in [0.15, 0.2) is 46.5 Å². The van der Waals surface area contributed by atoms with E-state index in [2.05, 4.69) is 5.10 Å². The van der Waals surface area contributed by atoms with Crippen molar-refractivity contribution in [3.05, 3.63) is 53.3 Å². The minimum Gasteiger partial charge on any atom is -0.276 e. The highest BCUT2D eigenvalue weighted by Crippen LogP contribution is 2.28. The van der Waals surface area contributed by atoms with E-state index in [9.17, 15) is 17.2 Å². The van der Waals surface area contributed by atoms with E-state index >= 15 is 0 Å². The van der Waals surface area contributed by atoms with Gasteiger partial charge >= 0.3 is 0 Å². The number of hydrogen-bond donors (Lipinski definition) is 1. The third kappa shape index (κ3) is 3.06. The minimum absolute atomic E-state index is 0.0843. The third-order valence-corrected chi connectivity index (χ3v) is 5.58. The second kappa shape index (κ2) is 6.23. The first-order valence-electron chi connectivity index (χ1n) is 6.50. The van der Waals surface area contributed by atoms with Gasteiger partial charge in [0.25, 0.3) is 10.0 Å². The number of aromatic nitrogens is 2. The van der Waals surface area contributed by atoms with Crippen molar-refractivity contribution in [2.24, 2.45) is 0 Å². The van der Waals surface area contributed by atoms with Gasteiger partial charge in [0.2, 0.25) is 0 Å². The standard InChI is InChI=1S/C14H10ClF2N3O2S2/c1-23-13-5-9(16)11(4-10(13)17)19-24(21,22)14-6-18-20-7-8(15)2-3-12(14)20/h2-7,19H,1H3. The van der Waals surface area contributed by atoms with Gasteiger partial charge in [0, 0.05) is 17.2 Å². The van der Waals surface area contributed by atoms with E-state index in [1.165, 1.54) is 22.8 Å². The number of nitrogens with zero attached hydrogens (tertiary/aromatic N) is 2. The first-order valence-corrected chi connectivity index (χ1v) is 9.59. The lowest BCUT2D eigenvalue weighted by molar-refractivity contribution is 0.578. The quantitative estimate of drug-likeness (QED) is 0.689. The van der Waals surface area contributed by atoms with Gasteiger partial charge in [-0.3, -0.25) is 4.72 Å². The summed E-state index contributed by atoms with van der Waals surface area (Å²) in [5.74, 6) is -1.59. The van der Waals surface area contributed by atoms with E-state index in [4.69, 9.17) is 11.6 Å². The fourth-order valence-corrected chi connectivity index (χ4v) is 3.92. The molecule has 5 nitrogen and oxygen atoms in total. The van der Waals surface area contributed by atoms with Gasteiger partial charge in [-0.2, -0.15) is 5.10 Å². The number of benzene rings is 1. The minimum atomic E-state index is -4.16. The summed E-state index contributed by atoms with van der Waals surface area (Å²) in [6.07, 6.45) is 4.13. The number of hydrogen-bond acceptors (Lipinski definition) is 4. The molecule has 2 heterocycles. The average molecular weight is 390 g/mol. The van der Waals surface area contributed by atoms with Gasteiger partial charge < -0.3 is 0 Å². The summed E-state index contributed by atoms with van der Waals surface area (Å²) in [5.41, 5.74) is -0.216. The molecule has 2 aromatic heterocycles. The normalized spacial score (nSPS) is 11.8. The maximum atomic E-state index is 14.0. The molecule has 0 saturated heterocycles. The second-order valence-electron chi connectivity index (χ2n) is 4.76. The number of thioether (sulfide) groups is 1. The predicted molar refractivity (Wildman–Crippen MR) is 89.1 cm³/mol. The fourth-order valence-electron chi connectivity index (χ4n) is 2.11. The molecular formula is C14H10ClF2N3O2S2. The summed E-state index contributed by atoms with van der Waals surface area (Å²) >= 11 is 6.84. The van der Waals surface area contributed by atoms with Crippen LogP contribution in [0, 0.1) is 11.6 Å². The summed E-state index contributed by atoms with van der Waals surface area (Å²) in [4.78, 5) is -0.0889. The van der Waals surface area contributed by atoms with E-state index in [0.717, 1.165) is 30.1 Å². The van der Waals surface area contributed by atoms with Crippen LogP contribution >= 0.6 is 23.4 Å². The second-order valence-corrected chi connectivity index (χ2v) is 7.69. The topological polar surface area (TPSA) is 63.5 Å². The molecule has 126 valence electrons. The summed E-state index contributed by atoms with van der Waals surface area (Å²) in [6, 6.07) is 4.72. The van der Waals surface area contributed by atoms with Crippen molar-refractivity contribution in [3.8, 4) is 0 Å². The summed E-state index contributed by atoms with van der Waals surface area (Å²) in [5, 5.41) is 4.27. The Kier molecular flexibility index (Phi) is 4.41. The Morgan fingerprint density at radius 3 is 2.71 bits per heavy atom. The Hall–Kier alpha value is -1.84. The molecule has 0 radical (unpaired) electrons. The average Bonchev–Trinajstić information content (AvgIpc) is 2.94. The number of fused-ring (bicyclic) bond motifs is 1. The van der Waals surface area contributed by atoms with Crippen molar-refractivity contribution in [1.82, 2.24) is 9.61 Å². The Bertz CT molecular complexity index is 1040. The molecule has 3 aromatic rings. The smallest absolute Gasteiger partial charge is 0.265 e. The SMILES string of the molecule is CSc1cc(F)c(NS(=O)(=O)c2cnn3cc(Cl)ccc23)cc1F.